The second kappa shape index (κ2) is 6.06. The van der Waals surface area contributed by atoms with E-state index in [-0.39, 0.29) is 18.6 Å². The first kappa shape index (κ1) is 15.5. The molecule has 0 radical (unpaired) electrons. The van der Waals surface area contributed by atoms with Crippen LogP contribution in [0.4, 0.5) is 0 Å². The summed E-state index contributed by atoms with van der Waals surface area (Å²) in [5.41, 5.74) is -0.232. The van der Waals surface area contributed by atoms with Crippen molar-refractivity contribution >= 4 is 23.4 Å². The molecule has 0 aliphatic carbocycles. The minimum Gasteiger partial charge on any atom is -0.496 e. The summed E-state index contributed by atoms with van der Waals surface area (Å²) in [4.78, 5) is 23.0. The Morgan fingerprint density at radius 2 is 1.95 bits per heavy atom. The van der Waals surface area contributed by atoms with Crippen molar-refractivity contribution in [2.45, 2.75) is 26.7 Å². The van der Waals surface area contributed by atoms with Gasteiger partial charge in [-0.1, -0.05) is 25.4 Å². The van der Waals surface area contributed by atoms with E-state index >= 15 is 0 Å². The molecular formula is C14H17ClO4. The van der Waals surface area contributed by atoms with Gasteiger partial charge in [0.05, 0.1) is 19.1 Å². The quantitative estimate of drug-likeness (QED) is 0.813. The van der Waals surface area contributed by atoms with Crippen LogP contribution >= 0.6 is 11.6 Å². The Labute approximate surface area is 117 Å². The highest BCUT2D eigenvalue weighted by molar-refractivity contribution is 6.31. The number of ketones is 1. The zero-order valence-electron chi connectivity index (χ0n) is 11.2. The van der Waals surface area contributed by atoms with Gasteiger partial charge in [-0.05, 0) is 23.6 Å². The molecule has 0 atom stereocenters. The van der Waals surface area contributed by atoms with Gasteiger partial charge in [0.1, 0.15) is 5.75 Å². The van der Waals surface area contributed by atoms with Gasteiger partial charge in [-0.15, -0.1) is 0 Å². The number of carbonyl (C=O) groups is 2. The van der Waals surface area contributed by atoms with Gasteiger partial charge in [-0.2, -0.15) is 0 Å². The largest absolute Gasteiger partial charge is 0.496 e. The SMILES string of the molecule is COc1ccc(Cl)cc1C(=O)CC(C)(C)CC(=O)O. The van der Waals surface area contributed by atoms with Crippen LogP contribution in [0.3, 0.4) is 0 Å². The van der Waals surface area contributed by atoms with Crippen molar-refractivity contribution in [1.82, 2.24) is 0 Å². The summed E-state index contributed by atoms with van der Waals surface area (Å²) in [6.07, 6.45) is 0.0532. The Balaban J connectivity index is 2.95. The highest BCUT2D eigenvalue weighted by Gasteiger charge is 2.27. The van der Waals surface area contributed by atoms with Crippen molar-refractivity contribution in [3.8, 4) is 5.75 Å². The average molecular weight is 285 g/mol. The molecule has 0 saturated heterocycles. The van der Waals surface area contributed by atoms with E-state index in [2.05, 4.69) is 0 Å². The van der Waals surface area contributed by atoms with Crippen LogP contribution in [0.1, 0.15) is 37.0 Å². The number of ether oxygens (including phenoxy) is 1. The Hall–Kier alpha value is -1.55. The fraction of sp³-hybridized carbons (Fsp3) is 0.429. The van der Waals surface area contributed by atoms with Gasteiger partial charge in [0.2, 0.25) is 0 Å². The van der Waals surface area contributed by atoms with Gasteiger partial charge < -0.3 is 9.84 Å². The second-order valence-corrected chi connectivity index (χ2v) is 5.62. The van der Waals surface area contributed by atoms with Crippen molar-refractivity contribution < 1.29 is 19.4 Å². The molecule has 1 rings (SSSR count). The third-order valence-corrected chi connectivity index (χ3v) is 2.97. The molecule has 1 aromatic carbocycles. The molecule has 0 fully saturated rings. The second-order valence-electron chi connectivity index (χ2n) is 5.18. The Bertz CT molecular complexity index is 494. The molecule has 104 valence electrons. The minimum atomic E-state index is -0.921. The average Bonchev–Trinajstić information content (AvgIpc) is 2.26. The van der Waals surface area contributed by atoms with Crippen LogP contribution in [0.5, 0.6) is 5.75 Å². The number of methoxy groups -OCH3 is 1. The van der Waals surface area contributed by atoms with Crippen molar-refractivity contribution in [3.63, 3.8) is 0 Å². The van der Waals surface area contributed by atoms with Crippen LogP contribution in [0, 0.1) is 5.41 Å². The summed E-state index contributed by atoms with van der Waals surface area (Å²) in [5, 5.41) is 9.26. The lowest BCUT2D eigenvalue weighted by Crippen LogP contribution is -2.21. The maximum absolute atomic E-state index is 12.2. The molecule has 0 heterocycles. The van der Waals surface area contributed by atoms with Gasteiger partial charge in [0.15, 0.2) is 5.78 Å². The molecule has 0 aromatic heterocycles. The van der Waals surface area contributed by atoms with E-state index in [0.717, 1.165) is 0 Å². The van der Waals surface area contributed by atoms with Gasteiger partial charge in [0, 0.05) is 11.4 Å². The molecule has 1 aromatic rings. The lowest BCUT2D eigenvalue weighted by Gasteiger charge is -2.21. The summed E-state index contributed by atoms with van der Waals surface area (Å²) < 4.78 is 5.12. The maximum atomic E-state index is 12.2. The number of hydrogen-bond acceptors (Lipinski definition) is 3. The molecule has 19 heavy (non-hydrogen) atoms. The van der Waals surface area contributed by atoms with E-state index in [0.29, 0.717) is 16.3 Å². The van der Waals surface area contributed by atoms with E-state index in [9.17, 15) is 9.59 Å². The van der Waals surface area contributed by atoms with Crippen LogP contribution in [0.2, 0.25) is 5.02 Å². The van der Waals surface area contributed by atoms with Crippen molar-refractivity contribution in [3.05, 3.63) is 28.8 Å². The monoisotopic (exact) mass is 284 g/mol. The van der Waals surface area contributed by atoms with Gasteiger partial charge in [-0.25, -0.2) is 0 Å². The molecule has 1 N–H and O–H groups in total. The summed E-state index contributed by atoms with van der Waals surface area (Å²) in [5.74, 6) is -0.651. The molecule has 0 unspecified atom stereocenters. The third-order valence-electron chi connectivity index (χ3n) is 2.73. The molecule has 0 saturated carbocycles. The predicted molar refractivity (Wildman–Crippen MR) is 73.0 cm³/mol. The normalized spacial score (nSPS) is 11.2. The number of Topliss-reactive ketones (excluding diaryl/α,β-unsaturated/α-hetero) is 1. The first-order valence-corrected chi connectivity index (χ1v) is 6.21. The smallest absolute Gasteiger partial charge is 0.303 e. The molecule has 0 amide bonds. The first-order valence-electron chi connectivity index (χ1n) is 5.84. The first-order chi connectivity index (χ1) is 8.75. The zero-order chi connectivity index (χ0) is 14.6. The molecule has 0 spiro atoms. The number of halogens is 1. The fourth-order valence-electron chi connectivity index (χ4n) is 1.90. The zero-order valence-corrected chi connectivity index (χ0v) is 12.0. The van der Waals surface area contributed by atoms with Gasteiger partial charge in [-0.3, -0.25) is 9.59 Å². The molecular weight excluding hydrogens is 268 g/mol. The number of aliphatic carboxylic acids is 1. The third kappa shape index (κ3) is 4.56. The standard InChI is InChI=1S/C14H17ClO4/c1-14(2,8-13(17)18)7-11(16)10-6-9(15)4-5-12(10)19-3/h4-6H,7-8H2,1-3H3,(H,17,18). The van der Waals surface area contributed by atoms with Gasteiger partial charge in [0.25, 0.3) is 0 Å². The topological polar surface area (TPSA) is 63.6 Å². The lowest BCUT2D eigenvalue weighted by atomic mass is 9.82. The Morgan fingerprint density at radius 1 is 1.32 bits per heavy atom. The van der Waals surface area contributed by atoms with Crippen LogP contribution in [-0.4, -0.2) is 24.0 Å². The number of carboxylic acids is 1. The summed E-state index contributed by atoms with van der Waals surface area (Å²) in [7, 11) is 1.47. The number of hydrogen-bond donors (Lipinski definition) is 1. The lowest BCUT2D eigenvalue weighted by molar-refractivity contribution is -0.139. The highest BCUT2D eigenvalue weighted by atomic mass is 35.5. The summed E-state index contributed by atoms with van der Waals surface area (Å²) in [6.45, 7) is 3.49. The van der Waals surface area contributed by atoms with E-state index in [1.54, 1.807) is 32.0 Å². The Morgan fingerprint density at radius 3 is 2.47 bits per heavy atom. The summed E-state index contributed by atoms with van der Waals surface area (Å²) in [6, 6.07) is 4.80. The molecule has 0 bridgehead atoms. The number of rotatable bonds is 6. The summed E-state index contributed by atoms with van der Waals surface area (Å²) >= 11 is 5.87. The van der Waals surface area contributed by atoms with E-state index in [1.807, 2.05) is 0 Å². The molecule has 0 aliphatic rings. The Kier molecular flexibility index (Phi) is 4.95. The molecule has 5 heteroatoms. The van der Waals surface area contributed by atoms with Crippen LogP contribution in [0.15, 0.2) is 18.2 Å². The van der Waals surface area contributed by atoms with Crippen LogP contribution in [-0.2, 0) is 4.79 Å². The predicted octanol–water partition coefficient (Wildman–Crippen LogP) is 3.42. The van der Waals surface area contributed by atoms with Crippen molar-refractivity contribution in [2.24, 2.45) is 5.41 Å². The number of benzene rings is 1. The van der Waals surface area contributed by atoms with Gasteiger partial charge >= 0.3 is 5.97 Å². The van der Waals surface area contributed by atoms with Crippen molar-refractivity contribution in [1.29, 1.82) is 0 Å². The number of carboxylic acid groups (broad SMARTS) is 1. The fourth-order valence-corrected chi connectivity index (χ4v) is 2.07. The minimum absolute atomic E-state index is 0.0678. The van der Waals surface area contributed by atoms with E-state index < -0.39 is 11.4 Å². The van der Waals surface area contributed by atoms with E-state index in [4.69, 9.17) is 21.4 Å². The maximum Gasteiger partial charge on any atom is 0.303 e. The van der Waals surface area contributed by atoms with Crippen LogP contribution < -0.4 is 4.74 Å². The molecule has 0 aliphatic heterocycles. The van der Waals surface area contributed by atoms with Crippen LogP contribution in [0.25, 0.3) is 0 Å². The molecule has 4 nitrogen and oxygen atoms in total. The number of carbonyl (C=O) groups excluding carboxylic acids is 1. The van der Waals surface area contributed by atoms with E-state index in [1.165, 1.54) is 7.11 Å². The highest BCUT2D eigenvalue weighted by Crippen LogP contribution is 2.30. The van der Waals surface area contributed by atoms with Crippen molar-refractivity contribution in [2.75, 3.05) is 7.11 Å².